The van der Waals surface area contributed by atoms with E-state index < -0.39 is 0 Å². The molecule has 0 saturated carbocycles. The predicted octanol–water partition coefficient (Wildman–Crippen LogP) is 1.05. The Morgan fingerprint density at radius 1 is 1.55 bits per heavy atom. The monoisotopic (exact) mass is 300 g/mol. The number of rotatable bonds is 4. The molecule has 1 aliphatic heterocycles. The number of carbonyl (C=O) groups is 2. The van der Waals surface area contributed by atoms with Gasteiger partial charge >= 0.3 is 0 Å². The number of nitrogens with one attached hydrogen (secondary N) is 1. The van der Waals surface area contributed by atoms with Crippen molar-refractivity contribution < 1.29 is 14.1 Å². The maximum Gasteiger partial charge on any atom is 0.229 e. The average Bonchev–Trinajstić information content (AvgIpc) is 3.11. The van der Waals surface area contributed by atoms with Gasteiger partial charge in [-0.1, -0.05) is 11.2 Å². The van der Waals surface area contributed by atoms with Gasteiger partial charge in [-0.2, -0.15) is 0 Å². The number of aryl methyl sites for hydroxylation is 1. The van der Waals surface area contributed by atoms with Crippen LogP contribution < -0.4 is 10.2 Å². The van der Waals surface area contributed by atoms with Crippen LogP contribution in [-0.2, 0) is 16.1 Å². The molecule has 0 aromatic carbocycles. The number of amides is 2. The Hall–Kier alpha value is -2.70. The fourth-order valence-electron chi connectivity index (χ4n) is 2.42. The van der Waals surface area contributed by atoms with Crippen molar-refractivity contribution in [2.45, 2.75) is 19.9 Å². The van der Waals surface area contributed by atoms with Crippen molar-refractivity contribution in [2.75, 3.05) is 11.4 Å². The third-order valence-electron chi connectivity index (χ3n) is 3.58. The molecule has 3 rings (SSSR count). The van der Waals surface area contributed by atoms with Gasteiger partial charge in [0.15, 0.2) is 5.82 Å². The topological polar surface area (TPSA) is 88.3 Å². The number of nitrogens with zero attached hydrogens (tertiary/aromatic N) is 3. The average molecular weight is 300 g/mol. The molecule has 22 heavy (non-hydrogen) atoms. The van der Waals surface area contributed by atoms with E-state index in [1.54, 1.807) is 25.4 Å². The molecule has 0 bridgehead atoms. The van der Waals surface area contributed by atoms with Crippen LogP contribution >= 0.6 is 0 Å². The van der Waals surface area contributed by atoms with Crippen LogP contribution in [0.5, 0.6) is 0 Å². The molecule has 3 heterocycles. The second kappa shape index (κ2) is 5.97. The molecule has 0 spiro atoms. The van der Waals surface area contributed by atoms with E-state index in [4.69, 9.17) is 4.52 Å². The number of aromatic nitrogens is 2. The lowest BCUT2D eigenvalue weighted by Gasteiger charge is -2.12. The lowest BCUT2D eigenvalue weighted by atomic mass is 10.1. The smallest absolute Gasteiger partial charge is 0.229 e. The minimum absolute atomic E-state index is 0.116. The summed E-state index contributed by atoms with van der Waals surface area (Å²) in [5, 5.41) is 6.66. The normalized spacial score (nSPS) is 17.8. The molecule has 1 aliphatic rings. The minimum Gasteiger partial charge on any atom is -0.360 e. The van der Waals surface area contributed by atoms with Crippen molar-refractivity contribution in [3.63, 3.8) is 0 Å². The van der Waals surface area contributed by atoms with E-state index in [2.05, 4.69) is 15.5 Å². The fraction of sp³-hybridized carbons (Fsp3) is 0.333. The molecule has 1 saturated heterocycles. The number of pyridine rings is 1. The Morgan fingerprint density at radius 2 is 2.41 bits per heavy atom. The summed E-state index contributed by atoms with van der Waals surface area (Å²) in [6.45, 7) is 2.49. The highest BCUT2D eigenvalue weighted by Gasteiger charge is 2.36. The van der Waals surface area contributed by atoms with Crippen LogP contribution in [0.2, 0.25) is 0 Å². The molecule has 2 amide bonds. The van der Waals surface area contributed by atoms with Gasteiger partial charge in [0.25, 0.3) is 0 Å². The zero-order valence-electron chi connectivity index (χ0n) is 12.2. The zero-order valence-corrected chi connectivity index (χ0v) is 12.2. The van der Waals surface area contributed by atoms with Gasteiger partial charge in [0.2, 0.25) is 11.8 Å². The Kier molecular flexibility index (Phi) is 3.86. The van der Waals surface area contributed by atoms with Crippen LogP contribution in [-0.4, -0.2) is 28.5 Å². The third-order valence-corrected chi connectivity index (χ3v) is 3.58. The number of hydrogen-bond donors (Lipinski definition) is 1. The van der Waals surface area contributed by atoms with Crippen LogP contribution in [0.1, 0.15) is 17.7 Å². The van der Waals surface area contributed by atoms with Gasteiger partial charge in [0, 0.05) is 38.0 Å². The quantitative estimate of drug-likeness (QED) is 0.911. The van der Waals surface area contributed by atoms with E-state index in [0.717, 1.165) is 5.56 Å². The summed E-state index contributed by atoms with van der Waals surface area (Å²) in [4.78, 5) is 29.7. The summed E-state index contributed by atoms with van der Waals surface area (Å²) < 4.78 is 4.97. The van der Waals surface area contributed by atoms with Crippen molar-refractivity contribution in [1.82, 2.24) is 15.5 Å². The van der Waals surface area contributed by atoms with Crippen LogP contribution in [0.4, 0.5) is 5.82 Å². The first-order chi connectivity index (χ1) is 10.6. The van der Waals surface area contributed by atoms with E-state index in [1.807, 2.05) is 12.1 Å². The molecule has 1 atom stereocenters. The fourth-order valence-corrected chi connectivity index (χ4v) is 2.42. The second-order valence-electron chi connectivity index (χ2n) is 5.28. The molecule has 0 aliphatic carbocycles. The van der Waals surface area contributed by atoms with Gasteiger partial charge in [0.1, 0.15) is 5.76 Å². The Labute approximate surface area is 127 Å². The van der Waals surface area contributed by atoms with Crippen molar-refractivity contribution in [2.24, 2.45) is 5.92 Å². The van der Waals surface area contributed by atoms with Gasteiger partial charge in [-0.25, -0.2) is 0 Å². The molecule has 1 unspecified atom stereocenters. The largest absolute Gasteiger partial charge is 0.360 e. The van der Waals surface area contributed by atoms with Gasteiger partial charge in [-0.05, 0) is 18.6 Å². The van der Waals surface area contributed by atoms with Crippen molar-refractivity contribution in [1.29, 1.82) is 0 Å². The lowest BCUT2D eigenvalue weighted by Crippen LogP contribution is -2.32. The number of anilines is 1. The molecule has 114 valence electrons. The van der Waals surface area contributed by atoms with Gasteiger partial charge in [-0.3, -0.25) is 19.5 Å². The molecule has 7 nitrogen and oxygen atoms in total. The SMILES string of the molecule is Cc1cc(N2CC(C(=O)NCc3cccnc3)CC2=O)no1. The second-order valence-corrected chi connectivity index (χ2v) is 5.28. The number of hydrogen-bond acceptors (Lipinski definition) is 5. The highest BCUT2D eigenvalue weighted by molar-refractivity contribution is 5.99. The molecule has 1 fully saturated rings. The number of carbonyl (C=O) groups excluding carboxylic acids is 2. The predicted molar refractivity (Wildman–Crippen MR) is 77.8 cm³/mol. The zero-order chi connectivity index (χ0) is 15.5. The maximum atomic E-state index is 12.2. The summed E-state index contributed by atoms with van der Waals surface area (Å²) in [6, 6.07) is 5.39. The molecular weight excluding hydrogens is 284 g/mol. The Bertz CT molecular complexity index is 683. The maximum absolute atomic E-state index is 12.2. The van der Waals surface area contributed by atoms with Gasteiger partial charge < -0.3 is 9.84 Å². The van der Waals surface area contributed by atoms with Gasteiger partial charge in [0.05, 0.1) is 5.92 Å². The first-order valence-electron chi connectivity index (χ1n) is 7.04. The summed E-state index contributed by atoms with van der Waals surface area (Å²) in [7, 11) is 0. The summed E-state index contributed by atoms with van der Waals surface area (Å²) in [5.74, 6) is 0.466. The summed E-state index contributed by atoms with van der Waals surface area (Å²) >= 11 is 0. The van der Waals surface area contributed by atoms with E-state index in [9.17, 15) is 9.59 Å². The Morgan fingerprint density at radius 3 is 3.09 bits per heavy atom. The van der Waals surface area contributed by atoms with E-state index in [0.29, 0.717) is 24.7 Å². The van der Waals surface area contributed by atoms with Gasteiger partial charge in [-0.15, -0.1) is 0 Å². The van der Waals surface area contributed by atoms with Crippen LogP contribution in [0.15, 0.2) is 35.1 Å². The van der Waals surface area contributed by atoms with Crippen LogP contribution in [0, 0.1) is 12.8 Å². The highest BCUT2D eigenvalue weighted by Crippen LogP contribution is 2.24. The van der Waals surface area contributed by atoms with Crippen LogP contribution in [0.25, 0.3) is 0 Å². The Balaban J connectivity index is 1.59. The molecular formula is C15H16N4O3. The van der Waals surface area contributed by atoms with Crippen LogP contribution in [0.3, 0.4) is 0 Å². The van der Waals surface area contributed by atoms with Crippen molar-refractivity contribution in [3.8, 4) is 0 Å². The first kappa shape index (κ1) is 14.2. The summed E-state index contributed by atoms with van der Waals surface area (Å²) in [5.41, 5.74) is 0.921. The standard InChI is InChI=1S/C15H16N4O3/c1-10-5-13(18-22-10)19-9-12(6-14(19)20)15(21)17-8-11-3-2-4-16-7-11/h2-5,7,12H,6,8-9H2,1H3,(H,17,21). The van der Waals surface area contributed by atoms with Crippen molar-refractivity contribution in [3.05, 3.63) is 41.9 Å². The summed E-state index contributed by atoms with van der Waals surface area (Å²) in [6.07, 6.45) is 3.56. The minimum atomic E-state index is -0.374. The van der Waals surface area contributed by atoms with E-state index in [1.165, 1.54) is 4.90 Å². The lowest BCUT2D eigenvalue weighted by molar-refractivity contribution is -0.126. The molecule has 0 radical (unpaired) electrons. The molecule has 7 heteroatoms. The molecule has 2 aromatic rings. The highest BCUT2D eigenvalue weighted by atomic mass is 16.5. The third kappa shape index (κ3) is 2.98. The van der Waals surface area contributed by atoms with E-state index in [-0.39, 0.29) is 24.2 Å². The van der Waals surface area contributed by atoms with Crippen molar-refractivity contribution >= 4 is 17.6 Å². The molecule has 2 aromatic heterocycles. The van der Waals surface area contributed by atoms with E-state index >= 15 is 0 Å². The first-order valence-corrected chi connectivity index (χ1v) is 7.04. The molecule has 1 N–H and O–H groups in total.